The number of hydrogen-bond donors (Lipinski definition) is 1. The molecule has 2 N–H and O–H groups in total. The monoisotopic (exact) mass is 239 g/mol. The van der Waals surface area contributed by atoms with Crippen LogP contribution in [0.15, 0.2) is 42.9 Å². The van der Waals surface area contributed by atoms with Crippen LogP contribution in [0.25, 0.3) is 0 Å². The van der Waals surface area contributed by atoms with Crippen molar-refractivity contribution in [3.05, 3.63) is 54.1 Å². The number of nitrogens with zero attached hydrogens (tertiary/aromatic N) is 2. The average molecular weight is 239 g/mol. The Labute approximate surface area is 108 Å². The first-order valence-corrected chi connectivity index (χ1v) is 6.00. The lowest BCUT2D eigenvalue weighted by Crippen LogP contribution is -2.17. The number of aromatic nitrogens is 2. The van der Waals surface area contributed by atoms with Crippen molar-refractivity contribution in [1.82, 2.24) is 9.55 Å². The van der Waals surface area contributed by atoms with E-state index in [0.717, 1.165) is 12.1 Å². The van der Waals surface area contributed by atoms with Crippen LogP contribution in [0.1, 0.15) is 24.2 Å². The molecule has 2 rings (SSSR count). The van der Waals surface area contributed by atoms with Gasteiger partial charge >= 0.3 is 0 Å². The number of benzene rings is 1. The summed E-state index contributed by atoms with van der Waals surface area (Å²) >= 11 is 0. The molecule has 0 aliphatic rings. The number of rotatable bonds is 4. The minimum atomic E-state index is -0.0476. The average Bonchev–Trinajstić information content (AvgIpc) is 2.86. The van der Waals surface area contributed by atoms with Gasteiger partial charge in [-0.2, -0.15) is 0 Å². The molecular weight excluding hydrogens is 222 g/mol. The highest BCUT2D eigenvalue weighted by molar-refractivity contribution is 5.19. The third-order valence-electron chi connectivity index (χ3n) is 2.85. The van der Waals surface area contributed by atoms with Gasteiger partial charge in [0.15, 0.2) is 0 Å². The van der Waals surface area contributed by atoms with Crippen molar-refractivity contribution in [3.63, 3.8) is 0 Å². The quantitative estimate of drug-likeness (QED) is 0.831. The number of nitrogens with two attached hydrogens (primary N) is 1. The predicted octanol–water partition coefficient (Wildman–Crippen LogP) is 2.15. The van der Waals surface area contributed by atoms with E-state index < -0.39 is 0 Å². The molecule has 92 valence electrons. The fraction of sp³-hybridized carbons (Fsp3) is 0.267. The van der Waals surface area contributed by atoms with Gasteiger partial charge in [0.25, 0.3) is 0 Å². The summed E-state index contributed by atoms with van der Waals surface area (Å²) < 4.78 is 2.00. The SMILES string of the molecule is CC#CCn1cncc1[C@H](N)Cc1ccccc1. The standard InChI is InChI=1S/C15H17N3/c1-2-3-9-18-12-17-11-15(18)14(16)10-13-7-5-4-6-8-13/h4-8,11-12,14H,9-10,16H2,1H3/t14-/m1/s1. The Bertz CT molecular complexity index is 546. The van der Waals surface area contributed by atoms with Crippen LogP contribution in [-0.4, -0.2) is 9.55 Å². The molecule has 0 unspecified atom stereocenters. The van der Waals surface area contributed by atoms with Crippen molar-refractivity contribution < 1.29 is 0 Å². The second-order valence-electron chi connectivity index (χ2n) is 4.17. The maximum absolute atomic E-state index is 6.23. The zero-order valence-corrected chi connectivity index (χ0v) is 10.5. The van der Waals surface area contributed by atoms with Crippen LogP contribution in [0.4, 0.5) is 0 Å². The Morgan fingerprint density at radius 2 is 2.11 bits per heavy atom. The molecule has 18 heavy (non-hydrogen) atoms. The Kier molecular flexibility index (Phi) is 4.16. The predicted molar refractivity (Wildman–Crippen MR) is 72.8 cm³/mol. The molecule has 0 aliphatic heterocycles. The van der Waals surface area contributed by atoms with E-state index in [1.165, 1.54) is 5.56 Å². The molecule has 0 bridgehead atoms. The summed E-state index contributed by atoms with van der Waals surface area (Å²) in [6.07, 6.45) is 4.42. The molecule has 0 spiro atoms. The van der Waals surface area contributed by atoms with Crippen molar-refractivity contribution >= 4 is 0 Å². The van der Waals surface area contributed by atoms with Crippen LogP contribution >= 0.6 is 0 Å². The van der Waals surface area contributed by atoms with Gasteiger partial charge in [-0.1, -0.05) is 36.3 Å². The molecule has 0 aliphatic carbocycles. The van der Waals surface area contributed by atoms with Crippen molar-refractivity contribution in [2.75, 3.05) is 0 Å². The molecule has 1 aromatic carbocycles. The fourth-order valence-corrected chi connectivity index (χ4v) is 1.91. The van der Waals surface area contributed by atoms with E-state index in [-0.39, 0.29) is 6.04 Å². The molecule has 0 saturated carbocycles. The summed E-state index contributed by atoms with van der Waals surface area (Å²) in [4.78, 5) is 4.15. The van der Waals surface area contributed by atoms with Gasteiger partial charge in [-0.15, -0.1) is 5.92 Å². The maximum Gasteiger partial charge on any atom is 0.0957 e. The van der Waals surface area contributed by atoms with Crippen LogP contribution in [0.2, 0.25) is 0 Å². The van der Waals surface area contributed by atoms with Crippen LogP contribution < -0.4 is 5.73 Å². The van der Waals surface area contributed by atoms with Gasteiger partial charge in [0.2, 0.25) is 0 Å². The third-order valence-corrected chi connectivity index (χ3v) is 2.85. The number of hydrogen-bond acceptors (Lipinski definition) is 2. The Balaban J connectivity index is 2.11. The summed E-state index contributed by atoms with van der Waals surface area (Å²) in [7, 11) is 0. The van der Waals surface area contributed by atoms with Crippen molar-refractivity contribution in [2.24, 2.45) is 5.73 Å². The molecule has 1 heterocycles. The molecule has 1 aromatic heterocycles. The van der Waals surface area contributed by atoms with E-state index in [2.05, 4.69) is 29.0 Å². The van der Waals surface area contributed by atoms with Crippen LogP contribution in [0, 0.1) is 11.8 Å². The van der Waals surface area contributed by atoms with Gasteiger partial charge in [0.1, 0.15) is 0 Å². The van der Waals surface area contributed by atoms with Crippen molar-refractivity contribution in [2.45, 2.75) is 25.9 Å². The van der Waals surface area contributed by atoms with E-state index in [1.54, 1.807) is 6.33 Å². The topological polar surface area (TPSA) is 43.8 Å². The summed E-state index contributed by atoms with van der Waals surface area (Å²) in [5.74, 6) is 5.91. The zero-order chi connectivity index (χ0) is 12.8. The lowest BCUT2D eigenvalue weighted by Gasteiger charge is -2.13. The molecular formula is C15H17N3. The van der Waals surface area contributed by atoms with E-state index in [9.17, 15) is 0 Å². The summed E-state index contributed by atoms with van der Waals surface area (Å²) in [5.41, 5.74) is 8.50. The van der Waals surface area contributed by atoms with Gasteiger partial charge in [-0.3, -0.25) is 0 Å². The second kappa shape index (κ2) is 6.04. The minimum Gasteiger partial charge on any atom is -0.322 e. The first kappa shape index (κ1) is 12.4. The van der Waals surface area contributed by atoms with E-state index >= 15 is 0 Å². The molecule has 3 heteroatoms. The summed E-state index contributed by atoms with van der Waals surface area (Å²) in [5, 5.41) is 0. The van der Waals surface area contributed by atoms with Gasteiger partial charge in [-0.25, -0.2) is 4.98 Å². The molecule has 0 saturated heterocycles. The molecule has 3 nitrogen and oxygen atoms in total. The van der Waals surface area contributed by atoms with E-state index in [4.69, 9.17) is 5.73 Å². The van der Waals surface area contributed by atoms with E-state index in [1.807, 2.05) is 35.9 Å². The Morgan fingerprint density at radius 3 is 2.83 bits per heavy atom. The lowest BCUT2D eigenvalue weighted by molar-refractivity contribution is 0.641. The van der Waals surface area contributed by atoms with Crippen LogP contribution in [0.3, 0.4) is 0 Å². The molecule has 2 aromatic rings. The lowest BCUT2D eigenvalue weighted by atomic mass is 10.0. The Hall–Kier alpha value is -2.05. The van der Waals surface area contributed by atoms with Gasteiger partial charge < -0.3 is 10.3 Å². The van der Waals surface area contributed by atoms with E-state index in [0.29, 0.717) is 6.54 Å². The maximum atomic E-state index is 6.23. The van der Waals surface area contributed by atoms with Crippen LogP contribution in [0.5, 0.6) is 0 Å². The van der Waals surface area contributed by atoms with Gasteiger partial charge in [-0.05, 0) is 18.9 Å². The highest BCUT2D eigenvalue weighted by Crippen LogP contribution is 2.15. The molecule has 0 amide bonds. The fourth-order valence-electron chi connectivity index (χ4n) is 1.91. The summed E-state index contributed by atoms with van der Waals surface area (Å²) in [6.45, 7) is 2.48. The molecule has 1 atom stereocenters. The normalized spacial score (nSPS) is 11.7. The smallest absolute Gasteiger partial charge is 0.0957 e. The first-order valence-electron chi connectivity index (χ1n) is 6.00. The second-order valence-corrected chi connectivity index (χ2v) is 4.17. The van der Waals surface area contributed by atoms with Gasteiger partial charge in [0.05, 0.1) is 24.6 Å². The summed E-state index contributed by atoms with van der Waals surface area (Å²) in [6, 6.07) is 10.2. The van der Waals surface area contributed by atoms with Crippen molar-refractivity contribution in [3.8, 4) is 11.8 Å². The molecule has 0 radical (unpaired) electrons. The first-order chi connectivity index (χ1) is 8.81. The number of imidazole rings is 1. The largest absolute Gasteiger partial charge is 0.322 e. The Morgan fingerprint density at radius 1 is 1.33 bits per heavy atom. The highest BCUT2D eigenvalue weighted by atomic mass is 15.1. The third kappa shape index (κ3) is 2.99. The zero-order valence-electron chi connectivity index (χ0n) is 10.5. The molecule has 0 fully saturated rings. The van der Waals surface area contributed by atoms with Crippen molar-refractivity contribution in [1.29, 1.82) is 0 Å². The minimum absolute atomic E-state index is 0.0476. The van der Waals surface area contributed by atoms with Crippen LogP contribution in [-0.2, 0) is 13.0 Å². The highest BCUT2D eigenvalue weighted by Gasteiger charge is 2.11. The van der Waals surface area contributed by atoms with Gasteiger partial charge in [0, 0.05) is 6.20 Å².